The summed E-state index contributed by atoms with van der Waals surface area (Å²) in [5.41, 5.74) is 5.48. The van der Waals surface area contributed by atoms with E-state index in [-0.39, 0.29) is 5.69 Å². The minimum atomic E-state index is -0.756. The Balaban J connectivity index is 2.91. The third-order valence-corrected chi connectivity index (χ3v) is 1.36. The van der Waals surface area contributed by atoms with E-state index in [9.17, 15) is 9.18 Å². The molecule has 0 saturated heterocycles. The van der Waals surface area contributed by atoms with Crippen LogP contribution >= 0.6 is 0 Å². The van der Waals surface area contributed by atoms with Gasteiger partial charge in [-0.05, 0) is 6.07 Å². The Labute approximate surface area is 79.9 Å². The second-order valence-electron chi connectivity index (χ2n) is 2.35. The van der Waals surface area contributed by atoms with Crippen LogP contribution in [0.25, 0.3) is 0 Å². The highest BCUT2D eigenvalue weighted by atomic mass is 19.1. The lowest BCUT2D eigenvalue weighted by Gasteiger charge is -1.94. The van der Waals surface area contributed by atoms with Crippen molar-refractivity contribution in [3.05, 3.63) is 23.8 Å². The topological polar surface area (TPSA) is 65.2 Å². The fourth-order valence-electron chi connectivity index (χ4n) is 0.708. The minimum Gasteiger partial charge on any atom is -0.459 e. The van der Waals surface area contributed by atoms with Gasteiger partial charge in [-0.1, -0.05) is 5.92 Å². The number of aromatic nitrogens is 1. The summed E-state index contributed by atoms with van der Waals surface area (Å²) in [6.07, 6.45) is 1.18. The molecule has 0 fully saturated rings. The third kappa shape index (κ3) is 2.45. The average molecular weight is 194 g/mol. The minimum absolute atomic E-state index is 0.110. The van der Waals surface area contributed by atoms with Crippen molar-refractivity contribution in [2.45, 2.75) is 0 Å². The molecule has 0 atom stereocenters. The van der Waals surface area contributed by atoms with E-state index in [1.54, 1.807) is 0 Å². The zero-order valence-corrected chi connectivity index (χ0v) is 7.37. The van der Waals surface area contributed by atoms with Crippen LogP contribution in [0.15, 0.2) is 12.3 Å². The normalized spacial score (nSPS) is 8.71. The average Bonchev–Trinajstić information content (AvgIpc) is 2.19. The van der Waals surface area contributed by atoms with Crippen LogP contribution < -0.4 is 5.73 Å². The molecule has 0 radical (unpaired) electrons. The molecule has 4 nitrogen and oxygen atoms in total. The number of ether oxygens (including phenoxy) is 1. The monoisotopic (exact) mass is 194 g/mol. The number of anilines is 1. The molecular weight excluding hydrogens is 187 g/mol. The zero-order chi connectivity index (χ0) is 10.6. The molecule has 0 aromatic carbocycles. The smallest absolute Gasteiger partial charge is 0.384 e. The summed E-state index contributed by atoms with van der Waals surface area (Å²) in [5, 5.41) is 0. The second-order valence-corrected chi connectivity index (χ2v) is 2.35. The van der Waals surface area contributed by atoms with Crippen LogP contribution in [0, 0.1) is 17.8 Å². The first-order valence-electron chi connectivity index (χ1n) is 3.64. The molecule has 5 heteroatoms. The quantitative estimate of drug-likeness (QED) is 0.367. The van der Waals surface area contributed by atoms with E-state index in [0.717, 1.165) is 0 Å². The highest BCUT2D eigenvalue weighted by molar-refractivity contribution is 5.89. The largest absolute Gasteiger partial charge is 0.459 e. The van der Waals surface area contributed by atoms with Gasteiger partial charge in [-0.3, -0.25) is 0 Å². The number of halogens is 1. The third-order valence-electron chi connectivity index (χ3n) is 1.36. The number of esters is 1. The molecule has 0 saturated carbocycles. The van der Waals surface area contributed by atoms with Gasteiger partial charge in [-0.25, -0.2) is 9.78 Å². The van der Waals surface area contributed by atoms with Crippen molar-refractivity contribution in [3.63, 3.8) is 0 Å². The van der Waals surface area contributed by atoms with E-state index in [1.165, 1.54) is 19.4 Å². The summed E-state index contributed by atoms with van der Waals surface area (Å²) in [4.78, 5) is 14.0. The maximum Gasteiger partial charge on any atom is 0.384 e. The maximum absolute atomic E-state index is 12.6. The first kappa shape index (κ1) is 9.99. The Hall–Kier alpha value is -2.09. The van der Waals surface area contributed by atoms with Crippen molar-refractivity contribution in [1.29, 1.82) is 0 Å². The molecular formula is C9H7FN2O2. The fourth-order valence-corrected chi connectivity index (χ4v) is 0.708. The van der Waals surface area contributed by atoms with Gasteiger partial charge in [0.1, 0.15) is 0 Å². The summed E-state index contributed by atoms with van der Waals surface area (Å²) in [6.45, 7) is 0. The van der Waals surface area contributed by atoms with Gasteiger partial charge < -0.3 is 10.5 Å². The van der Waals surface area contributed by atoms with E-state index in [1.807, 2.05) is 0 Å². The number of hydrogen-bond donors (Lipinski definition) is 1. The summed E-state index contributed by atoms with van der Waals surface area (Å²) in [6, 6.07) is 1.29. The van der Waals surface area contributed by atoms with Gasteiger partial charge in [0.25, 0.3) is 0 Å². The number of rotatable bonds is 0. The molecule has 0 aliphatic heterocycles. The lowest BCUT2D eigenvalue weighted by molar-refractivity contribution is -0.133. The summed E-state index contributed by atoms with van der Waals surface area (Å²) in [5.74, 6) is 3.17. The van der Waals surface area contributed by atoms with Crippen LogP contribution in [0.3, 0.4) is 0 Å². The lowest BCUT2D eigenvalue weighted by atomic mass is 10.2. The molecule has 0 aliphatic rings. The molecule has 1 rings (SSSR count). The molecule has 14 heavy (non-hydrogen) atoms. The highest BCUT2D eigenvalue weighted by Crippen LogP contribution is 2.07. The van der Waals surface area contributed by atoms with Crippen molar-refractivity contribution < 1.29 is 13.9 Å². The molecule has 72 valence electrons. The van der Waals surface area contributed by atoms with Crippen LogP contribution in [0.5, 0.6) is 0 Å². The van der Waals surface area contributed by atoms with E-state index in [2.05, 4.69) is 21.6 Å². The Morgan fingerprint density at radius 2 is 2.43 bits per heavy atom. The van der Waals surface area contributed by atoms with Crippen LogP contribution in [0.1, 0.15) is 5.56 Å². The van der Waals surface area contributed by atoms with Gasteiger partial charge in [0.2, 0.25) is 5.95 Å². The van der Waals surface area contributed by atoms with Crippen molar-refractivity contribution in [2.75, 3.05) is 12.8 Å². The van der Waals surface area contributed by atoms with Crippen LogP contribution in [0.4, 0.5) is 10.1 Å². The number of nitrogens with two attached hydrogens (primary N) is 1. The number of nitrogens with zero attached hydrogens (tertiary/aromatic N) is 1. The number of carbonyl (C=O) groups excluding carboxylic acids is 1. The first-order chi connectivity index (χ1) is 6.63. The lowest BCUT2D eigenvalue weighted by Crippen LogP contribution is -1.96. The highest BCUT2D eigenvalue weighted by Gasteiger charge is 1.99. The van der Waals surface area contributed by atoms with E-state index in [0.29, 0.717) is 5.56 Å². The van der Waals surface area contributed by atoms with Gasteiger partial charge in [0.05, 0.1) is 12.8 Å². The molecule has 2 N–H and O–H groups in total. The van der Waals surface area contributed by atoms with E-state index >= 15 is 0 Å². The molecule has 0 amide bonds. The van der Waals surface area contributed by atoms with Crippen LogP contribution in [-0.2, 0) is 9.53 Å². The van der Waals surface area contributed by atoms with Crippen LogP contribution in [-0.4, -0.2) is 18.1 Å². The van der Waals surface area contributed by atoms with Gasteiger partial charge >= 0.3 is 5.97 Å². The van der Waals surface area contributed by atoms with E-state index in [4.69, 9.17) is 5.73 Å². The summed E-state index contributed by atoms with van der Waals surface area (Å²) >= 11 is 0. The maximum atomic E-state index is 12.6. The summed E-state index contributed by atoms with van der Waals surface area (Å²) in [7, 11) is 1.22. The van der Waals surface area contributed by atoms with Crippen molar-refractivity contribution in [1.82, 2.24) is 4.98 Å². The number of pyridine rings is 1. The van der Waals surface area contributed by atoms with Gasteiger partial charge in [0, 0.05) is 17.7 Å². The van der Waals surface area contributed by atoms with E-state index < -0.39 is 11.9 Å². The SMILES string of the molecule is COC(=O)C#Cc1cnc(F)c(N)c1. The molecule has 0 spiro atoms. The van der Waals surface area contributed by atoms with Crippen molar-refractivity contribution >= 4 is 11.7 Å². The Bertz CT molecular complexity index is 421. The molecule has 1 aromatic heterocycles. The molecule has 0 aliphatic carbocycles. The van der Waals surface area contributed by atoms with Gasteiger partial charge in [-0.2, -0.15) is 4.39 Å². The predicted octanol–water partition coefficient (Wildman–Crippen LogP) is 0.327. The molecule has 0 bridgehead atoms. The standard InChI is InChI=1S/C9H7FN2O2/c1-14-8(13)3-2-6-4-7(11)9(10)12-5-6/h4-5H,11H2,1H3. The Kier molecular flexibility index (Phi) is 3.02. The number of hydrogen-bond acceptors (Lipinski definition) is 4. The zero-order valence-electron chi connectivity index (χ0n) is 7.37. The fraction of sp³-hybridized carbons (Fsp3) is 0.111. The molecule has 1 aromatic rings. The number of methoxy groups -OCH3 is 1. The van der Waals surface area contributed by atoms with Crippen LogP contribution in [0.2, 0.25) is 0 Å². The predicted molar refractivity (Wildman–Crippen MR) is 47.5 cm³/mol. The first-order valence-corrected chi connectivity index (χ1v) is 3.64. The van der Waals surface area contributed by atoms with Crippen molar-refractivity contribution in [2.24, 2.45) is 0 Å². The molecule has 0 unspecified atom stereocenters. The summed E-state index contributed by atoms with van der Waals surface area (Å²) < 4.78 is 16.9. The number of nitrogen functional groups attached to an aromatic ring is 1. The van der Waals surface area contributed by atoms with Gasteiger partial charge in [-0.15, -0.1) is 0 Å². The Morgan fingerprint density at radius 3 is 3.00 bits per heavy atom. The second kappa shape index (κ2) is 4.23. The molecule has 1 heterocycles. The number of carbonyl (C=O) groups is 1. The van der Waals surface area contributed by atoms with Crippen molar-refractivity contribution in [3.8, 4) is 11.8 Å². The van der Waals surface area contributed by atoms with Gasteiger partial charge in [0.15, 0.2) is 0 Å². The Morgan fingerprint density at radius 1 is 1.71 bits per heavy atom.